The van der Waals surface area contributed by atoms with Crippen LogP contribution < -0.4 is 5.32 Å². The number of nitrogens with one attached hydrogen (secondary N) is 1. The summed E-state index contributed by atoms with van der Waals surface area (Å²) < 4.78 is 0. The maximum atomic E-state index is 5.90. The molecule has 1 nitrogen and oxygen atoms in total. The van der Waals surface area contributed by atoms with Crippen LogP contribution in [0.2, 0.25) is 5.02 Å². The van der Waals surface area contributed by atoms with Crippen LogP contribution in [0.1, 0.15) is 37.2 Å². The van der Waals surface area contributed by atoms with Crippen molar-refractivity contribution in [1.29, 1.82) is 0 Å². The van der Waals surface area contributed by atoms with Gasteiger partial charge in [0.25, 0.3) is 0 Å². The zero-order valence-corrected chi connectivity index (χ0v) is 9.76. The Morgan fingerprint density at radius 3 is 2.20 bits per heavy atom. The van der Waals surface area contributed by atoms with Gasteiger partial charge in [0, 0.05) is 5.02 Å². The number of halogens is 1. The summed E-state index contributed by atoms with van der Waals surface area (Å²) in [4.78, 5) is 0. The molecule has 1 aromatic carbocycles. The quantitative estimate of drug-likeness (QED) is 0.768. The fraction of sp³-hybridized carbons (Fsp3) is 0.538. The molecule has 0 unspecified atom stereocenters. The van der Waals surface area contributed by atoms with Crippen LogP contribution in [0.15, 0.2) is 24.3 Å². The molecule has 82 valence electrons. The molecular weight excluding hydrogens is 206 g/mol. The van der Waals surface area contributed by atoms with Crippen LogP contribution in [-0.2, 0) is 0 Å². The smallest absolute Gasteiger partial charge is 0.0406 e. The third kappa shape index (κ3) is 3.22. The molecule has 0 radical (unpaired) electrons. The van der Waals surface area contributed by atoms with Crippen LogP contribution in [0, 0.1) is 0 Å². The van der Waals surface area contributed by atoms with Gasteiger partial charge in [0.05, 0.1) is 0 Å². The molecule has 0 bridgehead atoms. The van der Waals surface area contributed by atoms with Gasteiger partial charge in [-0.1, -0.05) is 23.7 Å². The van der Waals surface area contributed by atoms with Gasteiger partial charge in [-0.2, -0.15) is 0 Å². The molecule has 0 spiro atoms. The first kappa shape index (κ1) is 11.0. The molecule has 2 rings (SSSR count). The number of hydrogen-bond acceptors (Lipinski definition) is 1. The second-order valence-electron chi connectivity index (χ2n) is 4.28. The Hall–Kier alpha value is -0.530. The van der Waals surface area contributed by atoms with Crippen molar-refractivity contribution in [3.8, 4) is 0 Å². The third-order valence-corrected chi connectivity index (χ3v) is 3.41. The van der Waals surface area contributed by atoms with E-state index in [1.54, 1.807) is 0 Å². The van der Waals surface area contributed by atoms with E-state index in [4.69, 9.17) is 11.6 Å². The molecule has 0 atom stereocenters. The van der Waals surface area contributed by atoms with E-state index < -0.39 is 0 Å². The molecule has 1 N–H and O–H groups in total. The summed E-state index contributed by atoms with van der Waals surface area (Å²) in [6.07, 6.45) is 5.17. The Morgan fingerprint density at radius 1 is 1.00 bits per heavy atom. The van der Waals surface area contributed by atoms with Crippen molar-refractivity contribution in [2.24, 2.45) is 0 Å². The lowest BCUT2D eigenvalue weighted by atomic mass is 9.89. The first-order valence-electron chi connectivity index (χ1n) is 5.82. The van der Waals surface area contributed by atoms with Gasteiger partial charge in [-0.3, -0.25) is 0 Å². The zero-order chi connectivity index (χ0) is 10.5. The molecule has 1 aliphatic heterocycles. The van der Waals surface area contributed by atoms with Crippen molar-refractivity contribution in [2.45, 2.75) is 31.6 Å². The van der Waals surface area contributed by atoms with E-state index in [0.29, 0.717) is 0 Å². The fourth-order valence-corrected chi connectivity index (χ4v) is 2.41. The number of benzene rings is 1. The fourth-order valence-electron chi connectivity index (χ4n) is 2.28. The zero-order valence-electron chi connectivity index (χ0n) is 9.01. The van der Waals surface area contributed by atoms with E-state index in [9.17, 15) is 0 Å². The topological polar surface area (TPSA) is 12.0 Å². The Balaban J connectivity index is 2.03. The maximum Gasteiger partial charge on any atom is 0.0406 e. The van der Waals surface area contributed by atoms with E-state index in [1.165, 1.54) is 44.3 Å². The summed E-state index contributed by atoms with van der Waals surface area (Å²) >= 11 is 5.90. The highest BCUT2D eigenvalue weighted by Crippen LogP contribution is 2.27. The van der Waals surface area contributed by atoms with Crippen molar-refractivity contribution >= 4 is 11.6 Å². The van der Waals surface area contributed by atoms with Crippen LogP contribution in [-0.4, -0.2) is 13.1 Å². The summed E-state index contributed by atoms with van der Waals surface area (Å²) in [6.45, 7) is 2.34. The summed E-state index contributed by atoms with van der Waals surface area (Å²) in [7, 11) is 0. The largest absolute Gasteiger partial charge is 0.317 e. The van der Waals surface area contributed by atoms with Gasteiger partial charge in [0.1, 0.15) is 0 Å². The van der Waals surface area contributed by atoms with Crippen molar-refractivity contribution < 1.29 is 0 Å². The van der Waals surface area contributed by atoms with E-state index >= 15 is 0 Å². The van der Waals surface area contributed by atoms with Crippen molar-refractivity contribution in [3.63, 3.8) is 0 Å². The van der Waals surface area contributed by atoms with Gasteiger partial charge in [-0.05, 0) is 62.4 Å². The van der Waals surface area contributed by atoms with Gasteiger partial charge in [-0.15, -0.1) is 0 Å². The van der Waals surface area contributed by atoms with E-state index in [0.717, 1.165) is 10.9 Å². The molecule has 1 fully saturated rings. The molecule has 0 aromatic heterocycles. The van der Waals surface area contributed by atoms with Crippen LogP contribution in [0.3, 0.4) is 0 Å². The maximum absolute atomic E-state index is 5.90. The lowest BCUT2D eigenvalue weighted by molar-refractivity contribution is 0.467. The Kier molecular flexibility index (Phi) is 4.04. The first-order chi connectivity index (χ1) is 7.36. The predicted octanol–water partition coefficient (Wildman–Crippen LogP) is 3.59. The van der Waals surface area contributed by atoms with Crippen LogP contribution in [0.25, 0.3) is 0 Å². The molecular formula is C13H18ClN. The summed E-state index contributed by atoms with van der Waals surface area (Å²) in [5.74, 6) is 0.740. The number of hydrogen-bond donors (Lipinski definition) is 1. The first-order valence-corrected chi connectivity index (χ1v) is 6.20. The van der Waals surface area contributed by atoms with Crippen molar-refractivity contribution in [2.75, 3.05) is 13.1 Å². The minimum atomic E-state index is 0.740. The summed E-state index contributed by atoms with van der Waals surface area (Å²) in [5, 5.41) is 4.29. The normalized spacial score (nSPS) is 19.5. The predicted molar refractivity (Wildman–Crippen MR) is 65.5 cm³/mol. The average Bonchev–Trinajstić information content (AvgIpc) is 2.19. The molecule has 0 amide bonds. The second kappa shape index (κ2) is 5.53. The van der Waals surface area contributed by atoms with Crippen molar-refractivity contribution in [3.05, 3.63) is 34.9 Å². The highest BCUT2D eigenvalue weighted by Gasteiger charge is 2.12. The molecule has 2 heteroatoms. The second-order valence-corrected chi connectivity index (χ2v) is 4.72. The lowest BCUT2D eigenvalue weighted by Crippen LogP contribution is -2.20. The van der Waals surface area contributed by atoms with E-state index in [-0.39, 0.29) is 0 Å². The minimum Gasteiger partial charge on any atom is -0.317 e. The van der Waals surface area contributed by atoms with Crippen LogP contribution >= 0.6 is 11.6 Å². The molecule has 15 heavy (non-hydrogen) atoms. The van der Waals surface area contributed by atoms with E-state index in [2.05, 4.69) is 17.4 Å². The molecule has 1 heterocycles. The van der Waals surface area contributed by atoms with Crippen LogP contribution in [0.5, 0.6) is 0 Å². The van der Waals surface area contributed by atoms with Gasteiger partial charge in [-0.25, -0.2) is 0 Å². The van der Waals surface area contributed by atoms with Crippen LogP contribution in [0.4, 0.5) is 0 Å². The lowest BCUT2D eigenvalue weighted by Gasteiger charge is -2.20. The summed E-state index contributed by atoms with van der Waals surface area (Å²) in [5.41, 5.74) is 1.46. The Labute approximate surface area is 96.8 Å². The Morgan fingerprint density at radius 2 is 1.60 bits per heavy atom. The summed E-state index contributed by atoms with van der Waals surface area (Å²) in [6, 6.07) is 8.38. The van der Waals surface area contributed by atoms with Gasteiger partial charge in [0.2, 0.25) is 0 Å². The molecule has 1 aromatic rings. The standard InChI is InChI=1S/C13H18ClN/c14-13-7-5-12(6-8-13)11-3-1-9-15-10-2-4-11/h5-8,11,15H,1-4,9-10H2. The average molecular weight is 224 g/mol. The van der Waals surface area contributed by atoms with Gasteiger partial charge >= 0.3 is 0 Å². The monoisotopic (exact) mass is 223 g/mol. The highest BCUT2D eigenvalue weighted by molar-refractivity contribution is 6.30. The molecule has 1 saturated heterocycles. The van der Waals surface area contributed by atoms with E-state index in [1.807, 2.05) is 12.1 Å². The SMILES string of the molecule is Clc1ccc(C2CCCNCCC2)cc1. The van der Waals surface area contributed by atoms with Gasteiger partial charge < -0.3 is 5.32 Å². The number of rotatable bonds is 1. The molecule has 0 aliphatic carbocycles. The minimum absolute atomic E-state index is 0.740. The Bertz CT molecular complexity index is 286. The highest BCUT2D eigenvalue weighted by atomic mass is 35.5. The third-order valence-electron chi connectivity index (χ3n) is 3.15. The van der Waals surface area contributed by atoms with Crippen molar-refractivity contribution in [1.82, 2.24) is 5.32 Å². The molecule has 0 saturated carbocycles. The molecule has 1 aliphatic rings. The van der Waals surface area contributed by atoms with Gasteiger partial charge in [0.15, 0.2) is 0 Å².